The lowest BCUT2D eigenvalue weighted by Gasteiger charge is -2.62. The molecule has 0 unspecified atom stereocenters. The fourth-order valence-electron chi connectivity index (χ4n) is 5.77. The van der Waals surface area contributed by atoms with E-state index < -0.39 is 22.9 Å². The van der Waals surface area contributed by atoms with Crippen molar-refractivity contribution in [2.24, 2.45) is 10.8 Å². The van der Waals surface area contributed by atoms with Crippen LogP contribution in [-0.4, -0.2) is 22.3 Å². The van der Waals surface area contributed by atoms with Gasteiger partial charge in [0.1, 0.15) is 0 Å². The molecule has 0 amide bonds. The first-order valence-corrected chi connectivity index (χ1v) is 10.1. The number of nitrogens with one attached hydrogen (secondary N) is 1. The highest BCUT2D eigenvalue weighted by molar-refractivity contribution is 5.77. The van der Waals surface area contributed by atoms with E-state index >= 15 is 0 Å². The second-order valence-electron chi connectivity index (χ2n) is 9.09. The second-order valence-corrected chi connectivity index (χ2v) is 9.09. The van der Waals surface area contributed by atoms with Crippen molar-refractivity contribution in [3.63, 3.8) is 0 Å². The first-order chi connectivity index (χ1) is 13.2. The van der Waals surface area contributed by atoms with E-state index in [-0.39, 0.29) is 5.41 Å². The lowest BCUT2D eigenvalue weighted by molar-refractivity contribution is -0.190. The normalized spacial score (nSPS) is 34.2. The van der Waals surface area contributed by atoms with Crippen molar-refractivity contribution in [1.29, 1.82) is 0 Å². The topological polar surface area (TPSA) is 69.6 Å². The van der Waals surface area contributed by atoms with Crippen molar-refractivity contribution in [1.82, 2.24) is 0 Å². The van der Waals surface area contributed by atoms with Crippen LogP contribution in [0.4, 0.5) is 11.4 Å². The Bertz CT molecular complexity index is 911. The average molecular weight is 380 g/mol. The number of fused-ring (bicyclic) bond motifs is 3. The molecule has 2 aromatic rings. The van der Waals surface area contributed by atoms with Crippen LogP contribution < -0.4 is 5.32 Å². The van der Waals surface area contributed by atoms with Gasteiger partial charge in [0.25, 0.3) is 0 Å². The Morgan fingerprint density at radius 2 is 1.75 bits per heavy atom. The molecule has 0 saturated heterocycles. The lowest BCUT2D eigenvalue weighted by atomic mass is 9.41. The maximum Gasteiger partial charge on any atom is 0.312 e. The van der Waals surface area contributed by atoms with Crippen LogP contribution >= 0.6 is 0 Å². The summed E-state index contributed by atoms with van der Waals surface area (Å²) in [7, 11) is 0. The van der Waals surface area contributed by atoms with Crippen LogP contribution in [0.1, 0.15) is 51.2 Å². The molecule has 0 aromatic heterocycles. The number of benzene rings is 2. The molecule has 3 N–H and O–H groups in total. The second kappa shape index (κ2) is 6.35. The fraction of sp³-hybridized carbons (Fsp3) is 0.458. The summed E-state index contributed by atoms with van der Waals surface area (Å²) >= 11 is 0. The number of para-hydroxylation sites is 1. The Hall–Kier alpha value is -2.33. The first kappa shape index (κ1) is 19.0. The van der Waals surface area contributed by atoms with E-state index in [0.717, 1.165) is 30.6 Å². The molecular formula is C24H29NO3. The van der Waals surface area contributed by atoms with Gasteiger partial charge in [0.05, 0.1) is 11.5 Å². The van der Waals surface area contributed by atoms with Gasteiger partial charge >= 0.3 is 5.97 Å². The van der Waals surface area contributed by atoms with Crippen molar-refractivity contribution >= 4 is 17.3 Å². The van der Waals surface area contributed by atoms with Gasteiger partial charge < -0.3 is 15.5 Å². The van der Waals surface area contributed by atoms with Crippen LogP contribution in [0.3, 0.4) is 0 Å². The summed E-state index contributed by atoms with van der Waals surface area (Å²) in [6, 6.07) is 16.6. The Kier molecular flexibility index (Phi) is 4.31. The molecule has 28 heavy (non-hydrogen) atoms. The summed E-state index contributed by atoms with van der Waals surface area (Å²) in [6.07, 6.45) is 2.07. The number of aryl methyl sites for hydroxylation is 1. The maximum absolute atomic E-state index is 12.3. The number of carbonyl (C=O) groups is 1. The third kappa shape index (κ3) is 2.44. The summed E-state index contributed by atoms with van der Waals surface area (Å²) in [5, 5.41) is 24.2. The van der Waals surface area contributed by atoms with E-state index in [1.165, 1.54) is 11.1 Å². The SMILES string of the molecule is C[C@@]12CCc3cc(Nc4ccccc4)ccc3[C@@]1(C)CC[C@H](O)[C@]2(C)C(=O)O. The van der Waals surface area contributed by atoms with E-state index in [1.807, 2.05) is 30.3 Å². The smallest absolute Gasteiger partial charge is 0.312 e. The lowest BCUT2D eigenvalue weighted by Crippen LogP contribution is -2.65. The number of anilines is 2. The number of hydrogen-bond donors (Lipinski definition) is 3. The van der Waals surface area contributed by atoms with Crippen LogP contribution in [0.25, 0.3) is 0 Å². The summed E-state index contributed by atoms with van der Waals surface area (Å²) in [5.74, 6) is -0.890. The third-order valence-electron chi connectivity index (χ3n) is 8.05. The monoisotopic (exact) mass is 379 g/mol. The Morgan fingerprint density at radius 1 is 1.04 bits per heavy atom. The average Bonchev–Trinajstić information content (AvgIpc) is 2.68. The Balaban J connectivity index is 1.75. The fourth-order valence-corrected chi connectivity index (χ4v) is 5.77. The molecule has 2 aliphatic carbocycles. The van der Waals surface area contributed by atoms with E-state index in [1.54, 1.807) is 6.92 Å². The van der Waals surface area contributed by atoms with Gasteiger partial charge in [0.2, 0.25) is 0 Å². The van der Waals surface area contributed by atoms with Gasteiger partial charge in [-0.05, 0) is 78.8 Å². The molecule has 1 saturated carbocycles. The van der Waals surface area contributed by atoms with Crippen LogP contribution in [0.15, 0.2) is 48.5 Å². The Morgan fingerprint density at radius 3 is 2.43 bits per heavy atom. The molecule has 0 bridgehead atoms. The number of carboxylic acid groups (broad SMARTS) is 1. The molecular weight excluding hydrogens is 350 g/mol. The predicted octanol–water partition coefficient (Wildman–Crippen LogP) is 4.89. The zero-order valence-corrected chi connectivity index (χ0v) is 16.8. The van der Waals surface area contributed by atoms with Crippen LogP contribution in [0, 0.1) is 10.8 Å². The minimum Gasteiger partial charge on any atom is -0.481 e. The molecule has 4 rings (SSSR count). The van der Waals surface area contributed by atoms with Gasteiger partial charge in [-0.3, -0.25) is 4.79 Å². The van der Waals surface area contributed by atoms with Crippen molar-refractivity contribution in [3.05, 3.63) is 59.7 Å². The molecule has 0 heterocycles. The number of rotatable bonds is 3. The van der Waals surface area contributed by atoms with Crippen LogP contribution in [-0.2, 0) is 16.6 Å². The quantitative estimate of drug-likeness (QED) is 0.710. The molecule has 1 fully saturated rings. The van der Waals surface area contributed by atoms with Crippen molar-refractivity contribution in [3.8, 4) is 0 Å². The number of aliphatic hydroxyl groups is 1. The number of hydrogen-bond acceptors (Lipinski definition) is 3. The molecule has 4 atom stereocenters. The highest BCUT2D eigenvalue weighted by Gasteiger charge is 2.66. The van der Waals surface area contributed by atoms with E-state index in [9.17, 15) is 15.0 Å². The Labute approximate surface area is 166 Å². The zero-order chi connectivity index (χ0) is 20.2. The van der Waals surface area contributed by atoms with E-state index in [0.29, 0.717) is 6.42 Å². The molecule has 148 valence electrons. The standard InChI is InChI=1S/C24H29NO3/c1-22-13-12-20(26)24(3,21(27)28)23(22,2)14-11-16-15-18(9-10-19(16)22)25-17-7-5-4-6-8-17/h4-10,15,20,25-26H,11-14H2,1-3H3,(H,27,28)/t20-,22+,23+,24+/m0/s1. The number of aliphatic carboxylic acids is 1. The number of aliphatic hydroxyl groups excluding tert-OH is 1. The minimum absolute atomic E-state index is 0.280. The van der Waals surface area contributed by atoms with Crippen molar-refractivity contribution < 1.29 is 15.0 Å². The predicted molar refractivity (Wildman–Crippen MR) is 111 cm³/mol. The zero-order valence-electron chi connectivity index (χ0n) is 16.8. The molecule has 2 aromatic carbocycles. The van der Waals surface area contributed by atoms with Gasteiger partial charge in [0.15, 0.2) is 0 Å². The molecule has 0 spiro atoms. The summed E-state index contributed by atoms with van der Waals surface area (Å²) in [4.78, 5) is 12.3. The maximum atomic E-state index is 12.3. The molecule has 4 nitrogen and oxygen atoms in total. The molecule has 0 radical (unpaired) electrons. The highest BCUT2D eigenvalue weighted by atomic mass is 16.4. The third-order valence-corrected chi connectivity index (χ3v) is 8.05. The van der Waals surface area contributed by atoms with Gasteiger partial charge in [-0.1, -0.05) is 38.1 Å². The molecule has 0 aliphatic heterocycles. The van der Waals surface area contributed by atoms with Gasteiger partial charge in [-0.15, -0.1) is 0 Å². The van der Waals surface area contributed by atoms with Crippen LogP contribution in [0.2, 0.25) is 0 Å². The van der Waals surface area contributed by atoms with Gasteiger partial charge in [-0.2, -0.15) is 0 Å². The largest absolute Gasteiger partial charge is 0.481 e. The van der Waals surface area contributed by atoms with Crippen LogP contribution in [0.5, 0.6) is 0 Å². The van der Waals surface area contributed by atoms with Gasteiger partial charge in [0, 0.05) is 11.4 Å². The molecule has 2 aliphatic rings. The van der Waals surface area contributed by atoms with E-state index in [4.69, 9.17) is 0 Å². The summed E-state index contributed by atoms with van der Waals surface area (Å²) in [6.45, 7) is 6.01. The minimum atomic E-state index is -1.15. The van der Waals surface area contributed by atoms with E-state index in [2.05, 4.69) is 37.4 Å². The van der Waals surface area contributed by atoms with Crippen molar-refractivity contribution in [2.75, 3.05) is 5.32 Å². The summed E-state index contributed by atoms with van der Waals surface area (Å²) < 4.78 is 0. The van der Waals surface area contributed by atoms with Crippen molar-refractivity contribution in [2.45, 2.75) is 58.0 Å². The number of carboxylic acids is 1. The summed E-state index contributed by atoms with van der Waals surface area (Å²) in [5.41, 5.74) is 2.67. The highest BCUT2D eigenvalue weighted by Crippen LogP contribution is 2.65. The first-order valence-electron chi connectivity index (χ1n) is 10.1. The molecule has 4 heteroatoms. The van der Waals surface area contributed by atoms with Gasteiger partial charge in [-0.25, -0.2) is 0 Å².